The van der Waals surface area contributed by atoms with E-state index >= 15 is 0 Å². The Hall–Kier alpha value is -2.76. The van der Waals surface area contributed by atoms with Crippen molar-refractivity contribution in [3.63, 3.8) is 0 Å². The van der Waals surface area contributed by atoms with Gasteiger partial charge in [0.1, 0.15) is 5.75 Å². The monoisotopic (exact) mass is 356 g/mol. The number of aromatic nitrogens is 1. The topological polar surface area (TPSA) is 67.8 Å². The number of hydrogen-bond acceptors (Lipinski definition) is 4. The van der Waals surface area contributed by atoms with Crippen molar-refractivity contribution < 1.29 is 9.47 Å². The minimum absolute atomic E-state index is 0.119. The van der Waals surface area contributed by atoms with Crippen molar-refractivity contribution >= 4 is 5.96 Å². The van der Waals surface area contributed by atoms with E-state index in [0.717, 1.165) is 29.4 Å². The summed E-state index contributed by atoms with van der Waals surface area (Å²) in [4.78, 5) is 8.92. The number of benzene rings is 1. The number of aliphatic imine (C=N–C) groups is 1. The smallest absolute Gasteiger partial charge is 0.213 e. The van der Waals surface area contributed by atoms with Crippen LogP contribution in [0.2, 0.25) is 0 Å². The van der Waals surface area contributed by atoms with Gasteiger partial charge in [0.05, 0.1) is 19.8 Å². The Morgan fingerprint density at radius 2 is 1.81 bits per heavy atom. The first-order valence-electron chi connectivity index (χ1n) is 8.87. The van der Waals surface area contributed by atoms with E-state index in [-0.39, 0.29) is 6.10 Å². The Bertz CT molecular complexity index is 682. The molecule has 0 aliphatic carbocycles. The maximum Gasteiger partial charge on any atom is 0.213 e. The standard InChI is InChI=1S/C20H28N4O2/c1-5-21-20(23-12-16-6-9-18(25-4)10-7-16)24-14-17-8-11-19(22-13-17)26-15(2)3/h6-11,13,15H,5,12,14H2,1-4H3,(H2,21,23,24). The van der Waals surface area contributed by atoms with Gasteiger partial charge in [0.15, 0.2) is 5.96 Å². The maximum absolute atomic E-state index is 5.56. The zero-order valence-electron chi connectivity index (χ0n) is 16.0. The van der Waals surface area contributed by atoms with Crippen LogP contribution in [0.15, 0.2) is 47.6 Å². The van der Waals surface area contributed by atoms with Crippen molar-refractivity contribution in [1.29, 1.82) is 0 Å². The average Bonchev–Trinajstić information content (AvgIpc) is 2.65. The third-order valence-corrected chi connectivity index (χ3v) is 3.54. The molecule has 0 bridgehead atoms. The summed E-state index contributed by atoms with van der Waals surface area (Å²) in [5.74, 6) is 2.26. The molecule has 2 aromatic rings. The maximum atomic E-state index is 5.56. The lowest BCUT2D eigenvalue weighted by atomic mass is 10.2. The zero-order chi connectivity index (χ0) is 18.8. The lowest BCUT2D eigenvalue weighted by Gasteiger charge is -2.12. The van der Waals surface area contributed by atoms with Crippen molar-refractivity contribution in [2.45, 2.75) is 40.0 Å². The minimum atomic E-state index is 0.119. The molecule has 0 aliphatic heterocycles. The van der Waals surface area contributed by atoms with Crippen LogP contribution in [-0.2, 0) is 13.1 Å². The molecule has 1 heterocycles. The van der Waals surface area contributed by atoms with Crippen molar-refractivity contribution in [2.24, 2.45) is 4.99 Å². The molecule has 6 nitrogen and oxygen atoms in total. The molecule has 0 saturated heterocycles. The molecule has 6 heteroatoms. The first-order chi connectivity index (χ1) is 12.6. The fraction of sp³-hybridized carbons (Fsp3) is 0.400. The molecule has 26 heavy (non-hydrogen) atoms. The molecule has 140 valence electrons. The number of methoxy groups -OCH3 is 1. The highest BCUT2D eigenvalue weighted by molar-refractivity contribution is 5.79. The van der Waals surface area contributed by atoms with E-state index in [0.29, 0.717) is 19.0 Å². The summed E-state index contributed by atoms with van der Waals surface area (Å²) in [6.07, 6.45) is 1.92. The van der Waals surface area contributed by atoms with E-state index < -0.39 is 0 Å². The molecule has 2 rings (SSSR count). The number of hydrogen-bond donors (Lipinski definition) is 2. The number of ether oxygens (including phenoxy) is 2. The first kappa shape index (κ1) is 19.6. The van der Waals surface area contributed by atoms with Crippen LogP contribution < -0.4 is 20.1 Å². The average molecular weight is 356 g/mol. The highest BCUT2D eigenvalue weighted by atomic mass is 16.5. The van der Waals surface area contributed by atoms with Crippen LogP contribution in [0.1, 0.15) is 31.9 Å². The first-order valence-corrected chi connectivity index (χ1v) is 8.87. The Morgan fingerprint density at radius 3 is 2.38 bits per heavy atom. The highest BCUT2D eigenvalue weighted by Gasteiger charge is 2.02. The van der Waals surface area contributed by atoms with Gasteiger partial charge in [-0.1, -0.05) is 18.2 Å². The van der Waals surface area contributed by atoms with Gasteiger partial charge < -0.3 is 20.1 Å². The van der Waals surface area contributed by atoms with Crippen LogP contribution in [0.5, 0.6) is 11.6 Å². The van der Waals surface area contributed by atoms with E-state index in [2.05, 4.69) is 20.6 Å². The fourth-order valence-corrected chi connectivity index (χ4v) is 2.26. The van der Waals surface area contributed by atoms with E-state index in [1.54, 1.807) is 13.3 Å². The normalized spacial score (nSPS) is 11.3. The number of nitrogens with one attached hydrogen (secondary N) is 2. The van der Waals surface area contributed by atoms with Crippen LogP contribution in [-0.4, -0.2) is 30.7 Å². The molecule has 0 atom stereocenters. The molecular formula is C20H28N4O2. The van der Waals surface area contributed by atoms with Crippen LogP contribution in [0.3, 0.4) is 0 Å². The summed E-state index contributed by atoms with van der Waals surface area (Å²) in [5, 5.41) is 6.59. The largest absolute Gasteiger partial charge is 0.497 e. The molecule has 1 aromatic carbocycles. The molecule has 0 radical (unpaired) electrons. The van der Waals surface area contributed by atoms with E-state index in [1.807, 2.05) is 57.2 Å². The zero-order valence-corrected chi connectivity index (χ0v) is 16.0. The van der Waals surface area contributed by atoms with Crippen LogP contribution in [0.25, 0.3) is 0 Å². The van der Waals surface area contributed by atoms with Gasteiger partial charge in [-0.25, -0.2) is 9.98 Å². The molecule has 0 amide bonds. The third-order valence-electron chi connectivity index (χ3n) is 3.54. The Balaban J connectivity index is 1.92. The van der Waals surface area contributed by atoms with Crippen molar-refractivity contribution in [3.8, 4) is 11.6 Å². The number of pyridine rings is 1. The fourth-order valence-electron chi connectivity index (χ4n) is 2.26. The second-order valence-electron chi connectivity index (χ2n) is 6.07. The van der Waals surface area contributed by atoms with Crippen LogP contribution in [0.4, 0.5) is 0 Å². The Labute approximate surface area is 155 Å². The quantitative estimate of drug-likeness (QED) is 0.562. The SMILES string of the molecule is CCNC(=NCc1ccc(OC(C)C)nc1)NCc1ccc(OC)cc1. The van der Waals surface area contributed by atoms with E-state index in [9.17, 15) is 0 Å². The van der Waals surface area contributed by atoms with Crippen LogP contribution in [0, 0.1) is 0 Å². The molecule has 0 spiro atoms. The third kappa shape index (κ3) is 6.63. The van der Waals surface area contributed by atoms with Gasteiger partial charge >= 0.3 is 0 Å². The number of nitrogens with zero attached hydrogens (tertiary/aromatic N) is 2. The predicted molar refractivity (Wildman–Crippen MR) is 105 cm³/mol. The van der Waals surface area contributed by atoms with Gasteiger partial charge in [-0.3, -0.25) is 0 Å². The lowest BCUT2D eigenvalue weighted by molar-refractivity contribution is 0.232. The summed E-state index contributed by atoms with van der Waals surface area (Å²) in [6.45, 7) is 8.05. The number of guanidine groups is 1. The molecule has 0 saturated carbocycles. The lowest BCUT2D eigenvalue weighted by Crippen LogP contribution is -2.36. The van der Waals surface area contributed by atoms with Crippen molar-refractivity contribution in [1.82, 2.24) is 15.6 Å². The second-order valence-corrected chi connectivity index (χ2v) is 6.07. The van der Waals surface area contributed by atoms with Crippen molar-refractivity contribution in [2.75, 3.05) is 13.7 Å². The Kier molecular flexibility index (Phi) is 7.74. The van der Waals surface area contributed by atoms with Gasteiger partial charge in [0, 0.05) is 25.4 Å². The summed E-state index contributed by atoms with van der Waals surface area (Å²) in [6, 6.07) is 11.8. The van der Waals surface area contributed by atoms with Gasteiger partial charge in [0.2, 0.25) is 5.88 Å². The number of rotatable bonds is 8. The molecule has 1 aromatic heterocycles. The molecular weight excluding hydrogens is 328 g/mol. The second kappa shape index (κ2) is 10.3. The summed E-state index contributed by atoms with van der Waals surface area (Å²) in [7, 11) is 1.67. The molecule has 0 unspecified atom stereocenters. The molecule has 0 fully saturated rings. The van der Waals surface area contributed by atoms with Gasteiger partial charge in [-0.15, -0.1) is 0 Å². The summed E-state index contributed by atoms with van der Waals surface area (Å²) < 4.78 is 10.7. The van der Waals surface area contributed by atoms with Gasteiger partial charge in [-0.05, 0) is 44.0 Å². The van der Waals surface area contributed by atoms with Crippen LogP contribution >= 0.6 is 0 Å². The minimum Gasteiger partial charge on any atom is -0.497 e. The van der Waals surface area contributed by atoms with Crippen molar-refractivity contribution in [3.05, 3.63) is 53.7 Å². The molecule has 0 aliphatic rings. The molecule has 2 N–H and O–H groups in total. The highest BCUT2D eigenvalue weighted by Crippen LogP contribution is 2.11. The van der Waals surface area contributed by atoms with Gasteiger partial charge in [-0.2, -0.15) is 0 Å². The Morgan fingerprint density at radius 1 is 1.08 bits per heavy atom. The summed E-state index contributed by atoms with van der Waals surface area (Å²) in [5.41, 5.74) is 2.19. The van der Waals surface area contributed by atoms with E-state index in [4.69, 9.17) is 9.47 Å². The summed E-state index contributed by atoms with van der Waals surface area (Å²) >= 11 is 0. The predicted octanol–water partition coefficient (Wildman–Crippen LogP) is 3.13. The van der Waals surface area contributed by atoms with E-state index in [1.165, 1.54) is 0 Å². The van der Waals surface area contributed by atoms with Gasteiger partial charge in [0.25, 0.3) is 0 Å².